The van der Waals surface area contributed by atoms with Crippen LogP contribution in [0.15, 0.2) is 18.2 Å². The predicted octanol–water partition coefficient (Wildman–Crippen LogP) is 2.41. The zero-order valence-electron chi connectivity index (χ0n) is 8.16. The second-order valence-corrected chi connectivity index (χ2v) is 4.14. The van der Waals surface area contributed by atoms with Crippen molar-refractivity contribution in [2.24, 2.45) is 11.7 Å². The lowest BCUT2D eigenvalue weighted by molar-refractivity contribution is 0.414. The molecule has 0 unspecified atom stereocenters. The Kier molecular flexibility index (Phi) is 2.66. The molecule has 0 amide bonds. The van der Waals surface area contributed by atoms with Crippen molar-refractivity contribution < 1.29 is 4.74 Å². The Balaban J connectivity index is 2.20. The Hall–Kier alpha value is -0.730. The summed E-state index contributed by atoms with van der Waals surface area (Å²) in [5.41, 5.74) is 6.90. The fourth-order valence-corrected chi connectivity index (χ4v) is 2.02. The van der Waals surface area contributed by atoms with Crippen LogP contribution in [-0.2, 0) is 0 Å². The molecule has 1 fully saturated rings. The molecule has 0 aromatic heterocycles. The average Bonchev–Trinajstić information content (AvgIpc) is 2.98. The van der Waals surface area contributed by atoms with Crippen LogP contribution in [0.3, 0.4) is 0 Å². The molecule has 14 heavy (non-hydrogen) atoms. The van der Waals surface area contributed by atoms with Crippen molar-refractivity contribution in [2.45, 2.75) is 12.3 Å². The minimum absolute atomic E-state index is 0.617. The smallest absolute Gasteiger partial charge is 0.137 e. The van der Waals surface area contributed by atoms with Gasteiger partial charge in [0.15, 0.2) is 0 Å². The molecule has 0 heterocycles. The van der Waals surface area contributed by atoms with E-state index in [0.717, 1.165) is 12.3 Å². The zero-order valence-corrected chi connectivity index (χ0v) is 8.92. The van der Waals surface area contributed by atoms with E-state index >= 15 is 0 Å². The maximum absolute atomic E-state index is 5.94. The second-order valence-electron chi connectivity index (χ2n) is 3.73. The summed E-state index contributed by atoms with van der Waals surface area (Å²) in [5.74, 6) is 2.03. The number of methoxy groups -OCH3 is 1. The molecule has 0 bridgehead atoms. The standard InChI is InChI=1S/C11H14ClNO/c1-14-11-5-7(2-3-10(11)12)9-4-8(9)6-13/h2-3,5,8-9H,4,6,13H2,1H3/t8-,9-/m0/s1. The van der Waals surface area contributed by atoms with E-state index < -0.39 is 0 Å². The molecular formula is C11H14ClNO. The Morgan fingerprint density at radius 3 is 2.93 bits per heavy atom. The Labute approximate surface area is 89.0 Å². The number of hydrogen-bond donors (Lipinski definition) is 1. The molecule has 2 rings (SSSR count). The molecule has 3 heteroatoms. The third-order valence-electron chi connectivity index (χ3n) is 2.83. The topological polar surface area (TPSA) is 35.2 Å². The first-order valence-corrected chi connectivity index (χ1v) is 5.17. The summed E-state index contributed by atoms with van der Waals surface area (Å²) in [6.07, 6.45) is 1.20. The molecule has 0 spiro atoms. The lowest BCUT2D eigenvalue weighted by atomic mass is 10.1. The van der Waals surface area contributed by atoms with Gasteiger partial charge in [-0.2, -0.15) is 0 Å². The van der Waals surface area contributed by atoms with Crippen LogP contribution in [0.25, 0.3) is 0 Å². The third kappa shape index (κ3) is 1.72. The molecule has 0 saturated heterocycles. The summed E-state index contributed by atoms with van der Waals surface area (Å²) >= 11 is 5.94. The van der Waals surface area contributed by atoms with E-state index in [1.54, 1.807) is 7.11 Å². The summed E-state index contributed by atoms with van der Waals surface area (Å²) in [5, 5.41) is 0.668. The molecule has 1 aliphatic carbocycles. The van der Waals surface area contributed by atoms with Gasteiger partial charge < -0.3 is 10.5 Å². The van der Waals surface area contributed by atoms with Gasteiger partial charge in [-0.1, -0.05) is 17.7 Å². The molecule has 2 N–H and O–H groups in total. The van der Waals surface area contributed by atoms with Crippen molar-refractivity contribution >= 4 is 11.6 Å². The van der Waals surface area contributed by atoms with Crippen LogP contribution >= 0.6 is 11.6 Å². The maximum atomic E-state index is 5.94. The molecule has 76 valence electrons. The minimum Gasteiger partial charge on any atom is -0.495 e. The van der Waals surface area contributed by atoms with Crippen molar-refractivity contribution in [1.29, 1.82) is 0 Å². The molecule has 2 atom stereocenters. The largest absolute Gasteiger partial charge is 0.495 e. The van der Waals surface area contributed by atoms with Gasteiger partial charge in [0.25, 0.3) is 0 Å². The highest BCUT2D eigenvalue weighted by atomic mass is 35.5. The monoisotopic (exact) mass is 211 g/mol. The summed E-state index contributed by atoms with van der Waals surface area (Å²) in [6.45, 7) is 0.773. The van der Waals surface area contributed by atoms with Crippen LogP contribution in [0, 0.1) is 5.92 Å². The highest BCUT2D eigenvalue weighted by Crippen LogP contribution is 2.47. The van der Waals surface area contributed by atoms with E-state index in [1.165, 1.54) is 12.0 Å². The number of hydrogen-bond acceptors (Lipinski definition) is 2. The fourth-order valence-electron chi connectivity index (χ4n) is 1.82. The predicted molar refractivity (Wildman–Crippen MR) is 57.9 cm³/mol. The SMILES string of the molecule is COc1cc([C@@H]2C[C@H]2CN)ccc1Cl. The van der Waals surface area contributed by atoms with Gasteiger partial charge in [0, 0.05) is 0 Å². The number of halogens is 1. The van der Waals surface area contributed by atoms with Crippen molar-refractivity contribution in [2.75, 3.05) is 13.7 Å². The van der Waals surface area contributed by atoms with Crippen molar-refractivity contribution in [3.63, 3.8) is 0 Å². The number of ether oxygens (including phenoxy) is 1. The van der Waals surface area contributed by atoms with Gasteiger partial charge in [0.2, 0.25) is 0 Å². The molecule has 1 saturated carbocycles. The normalized spacial score (nSPS) is 24.8. The molecule has 1 aliphatic rings. The van der Waals surface area contributed by atoms with E-state index in [2.05, 4.69) is 6.07 Å². The molecule has 2 nitrogen and oxygen atoms in total. The van der Waals surface area contributed by atoms with Gasteiger partial charge in [0.1, 0.15) is 5.75 Å². The Morgan fingerprint density at radius 2 is 2.36 bits per heavy atom. The van der Waals surface area contributed by atoms with Gasteiger partial charge in [-0.05, 0) is 42.5 Å². The number of nitrogens with two attached hydrogens (primary N) is 1. The molecule has 0 radical (unpaired) electrons. The van der Waals surface area contributed by atoms with Gasteiger partial charge in [0.05, 0.1) is 12.1 Å². The Morgan fingerprint density at radius 1 is 1.57 bits per heavy atom. The van der Waals surface area contributed by atoms with Crippen LogP contribution in [-0.4, -0.2) is 13.7 Å². The van der Waals surface area contributed by atoms with Gasteiger partial charge in [-0.15, -0.1) is 0 Å². The van der Waals surface area contributed by atoms with Crippen LogP contribution in [0.2, 0.25) is 5.02 Å². The third-order valence-corrected chi connectivity index (χ3v) is 3.14. The van der Waals surface area contributed by atoms with E-state index in [0.29, 0.717) is 16.9 Å². The van der Waals surface area contributed by atoms with Gasteiger partial charge >= 0.3 is 0 Å². The summed E-state index contributed by atoms with van der Waals surface area (Å²) in [7, 11) is 1.64. The van der Waals surface area contributed by atoms with Crippen molar-refractivity contribution in [3.8, 4) is 5.75 Å². The molecule has 1 aromatic rings. The van der Waals surface area contributed by atoms with Crippen LogP contribution in [0.1, 0.15) is 17.9 Å². The van der Waals surface area contributed by atoms with E-state index in [4.69, 9.17) is 22.1 Å². The Bertz CT molecular complexity index is 340. The average molecular weight is 212 g/mol. The molecular weight excluding hydrogens is 198 g/mol. The maximum Gasteiger partial charge on any atom is 0.137 e. The fraction of sp³-hybridized carbons (Fsp3) is 0.455. The van der Waals surface area contributed by atoms with Crippen molar-refractivity contribution in [1.82, 2.24) is 0 Å². The highest BCUT2D eigenvalue weighted by Gasteiger charge is 2.37. The van der Waals surface area contributed by atoms with E-state index in [1.807, 2.05) is 12.1 Å². The molecule has 1 aromatic carbocycles. The van der Waals surface area contributed by atoms with Gasteiger partial charge in [-0.3, -0.25) is 0 Å². The highest BCUT2D eigenvalue weighted by molar-refractivity contribution is 6.32. The lowest BCUT2D eigenvalue weighted by Crippen LogP contribution is -2.02. The second kappa shape index (κ2) is 3.79. The summed E-state index contributed by atoms with van der Waals surface area (Å²) < 4.78 is 5.17. The summed E-state index contributed by atoms with van der Waals surface area (Å²) in [4.78, 5) is 0. The first-order chi connectivity index (χ1) is 6.76. The van der Waals surface area contributed by atoms with Crippen LogP contribution in [0.4, 0.5) is 0 Å². The summed E-state index contributed by atoms with van der Waals surface area (Å²) in [6, 6.07) is 5.97. The first-order valence-electron chi connectivity index (χ1n) is 4.79. The van der Waals surface area contributed by atoms with Gasteiger partial charge in [-0.25, -0.2) is 0 Å². The minimum atomic E-state index is 0.617. The molecule has 0 aliphatic heterocycles. The quantitative estimate of drug-likeness (QED) is 0.834. The van der Waals surface area contributed by atoms with E-state index in [-0.39, 0.29) is 0 Å². The van der Waals surface area contributed by atoms with Crippen molar-refractivity contribution in [3.05, 3.63) is 28.8 Å². The van der Waals surface area contributed by atoms with E-state index in [9.17, 15) is 0 Å². The van der Waals surface area contributed by atoms with Crippen LogP contribution < -0.4 is 10.5 Å². The number of rotatable bonds is 3. The van der Waals surface area contributed by atoms with Crippen LogP contribution in [0.5, 0.6) is 5.75 Å². The number of benzene rings is 1. The lowest BCUT2D eigenvalue weighted by Gasteiger charge is -2.05. The first kappa shape index (κ1) is 9.81. The zero-order chi connectivity index (χ0) is 10.1.